The highest BCUT2D eigenvalue weighted by Gasteiger charge is 2.14. The molecule has 0 aliphatic heterocycles. The number of esters is 1. The fourth-order valence-corrected chi connectivity index (χ4v) is 2.84. The van der Waals surface area contributed by atoms with Gasteiger partial charge in [0.1, 0.15) is 5.75 Å². The Bertz CT molecular complexity index is 1150. The molecule has 0 saturated carbocycles. The van der Waals surface area contributed by atoms with E-state index in [-0.39, 0.29) is 11.3 Å². The van der Waals surface area contributed by atoms with Gasteiger partial charge in [-0.25, -0.2) is 10.2 Å². The number of hydrogen-bond donors (Lipinski definition) is 2. The molecule has 0 bridgehead atoms. The second-order valence-corrected chi connectivity index (χ2v) is 7.45. The zero-order valence-corrected chi connectivity index (χ0v) is 18.2. The first-order valence-electron chi connectivity index (χ1n) is 8.89. The number of rotatable bonds is 5. The molecule has 0 spiro atoms. The number of amides is 2. The molecule has 3 aromatic rings. The maximum Gasteiger partial charge on any atom is 0.343 e. The van der Waals surface area contributed by atoms with E-state index < -0.39 is 17.8 Å². The van der Waals surface area contributed by atoms with E-state index in [9.17, 15) is 14.4 Å². The van der Waals surface area contributed by atoms with Gasteiger partial charge < -0.3 is 10.1 Å². The lowest BCUT2D eigenvalue weighted by Crippen LogP contribution is -2.32. The van der Waals surface area contributed by atoms with Gasteiger partial charge in [0.05, 0.1) is 11.8 Å². The van der Waals surface area contributed by atoms with Crippen molar-refractivity contribution in [1.29, 1.82) is 0 Å². The molecule has 0 aromatic heterocycles. The predicted molar refractivity (Wildman–Crippen MR) is 121 cm³/mol. The van der Waals surface area contributed by atoms with E-state index in [1.54, 1.807) is 66.7 Å². The number of hydrazone groups is 1. The zero-order chi connectivity index (χ0) is 22.2. The highest BCUT2D eigenvalue weighted by atomic mass is 79.9. The Balaban J connectivity index is 1.62. The SMILES string of the molecule is O=C(NN=Cc1ccccc1OC(=O)c1cccc(Cl)c1)C(=O)Nc1ccc(Br)cc1. The first-order valence-corrected chi connectivity index (χ1v) is 10.1. The summed E-state index contributed by atoms with van der Waals surface area (Å²) in [4.78, 5) is 36.2. The van der Waals surface area contributed by atoms with E-state index >= 15 is 0 Å². The maximum atomic E-state index is 12.3. The highest BCUT2D eigenvalue weighted by Crippen LogP contribution is 2.19. The maximum absolute atomic E-state index is 12.3. The first kappa shape index (κ1) is 22.2. The number of carbonyl (C=O) groups excluding carboxylic acids is 3. The molecule has 2 N–H and O–H groups in total. The van der Waals surface area contributed by atoms with Crippen molar-refractivity contribution >= 4 is 57.2 Å². The van der Waals surface area contributed by atoms with Crippen LogP contribution in [0.5, 0.6) is 5.75 Å². The first-order chi connectivity index (χ1) is 14.9. The van der Waals surface area contributed by atoms with Crippen LogP contribution >= 0.6 is 27.5 Å². The Morgan fingerprint density at radius 1 is 0.935 bits per heavy atom. The Morgan fingerprint density at radius 2 is 1.68 bits per heavy atom. The molecular weight excluding hydrogens is 486 g/mol. The van der Waals surface area contributed by atoms with Crippen molar-refractivity contribution in [2.75, 3.05) is 5.32 Å². The van der Waals surface area contributed by atoms with Crippen molar-refractivity contribution in [3.63, 3.8) is 0 Å². The molecule has 7 nitrogen and oxygen atoms in total. The molecule has 31 heavy (non-hydrogen) atoms. The Labute approximate surface area is 191 Å². The number of nitrogens with zero attached hydrogens (tertiary/aromatic N) is 1. The molecule has 9 heteroatoms. The van der Waals surface area contributed by atoms with Gasteiger partial charge in [0.2, 0.25) is 0 Å². The predicted octanol–water partition coefficient (Wildman–Crippen LogP) is 4.41. The molecule has 156 valence electrons. The average molecular weight is 501 g/mol. The molecule has 0 atom stereocenters. The number of ether oxygens (including phenoxy) is 1. The van der Waals surface area contributed by atoms with Gasteiger partial charge in [0.25, 0.3) is 0 Å². The number of halogens is 2. The van der Waals surface area contributed by atoms with Crippen molar-refractivity contribution in [2.24, 2.45) is 5.10 Å². The fourth-order valence-electron chi connectivity index (χ4n) is 2.39. The summed E-state index contributed by atoms with van der Waals surface area (Å²) in [5.74, 6) is -2.20. The summed E-state index contributed by atoms with van der Waals surface area (Å²) in [6, 6.07) is 19.7. The van der Waals surface area contributed by atoms with Crippen LogP contribution in [0.15, 0.2) is 82.4 Å². The molecular formula is C22H15BrClN3O4. The number of carbonyl (C=O) groups is 3. The van der Waals surface area contributed by atoms with Crippen LogP contribution in [0, 0.1) is 0 Å². The van der Waals surface area contributed by atoms with Gasteiger partial charge in [-0.1, -0.05) is 45.7 Å². The van der Waals surface area contributed by atoms with E-state index in [1.165, 1.54) is 12.3 Å². The van der Waals surface area contributed by atoms with Crippen LogP contribution in [-0.4, -0.2) is 24.0 Å². The standard InChI is InChI=1S/C22H15BrClN3O4/c23-16-8-10-18(11-9-16)26-20(28)21(29)27-25-13-15-4-1-2-7-19(15)31-22(30)14-5-3-6-17(24)12-14/h1-13H,(H,26,28)(H,27,29). The number of para-hydroxylation sites is 1. The zero-order valence-electron chi connectivity index (χ0n) is 15.8. The molecule has 0 aliphatic carbocycles. The summed E-state index contributed by atoms with van der Waals surface area (Å²) in [5.41, 5.74) is 3.31. The molecule has 3 aromatic carbocycles. The van der Waals surface area contributed by atoms with Gasteiger partial charge in [-0.15, -0.1) is 0 Å². The highest BCUT2D eigenvalue weighted by molar-refractivity contribution is 9.10. The van der Waals surface area contributed by atoms with Gasteiger partial charge in [0.15, 0.2) is 0 Å². The minimum Gasteiger partial charge on any atom is -0.422 e. The van der Waals surface area contributed by atoms with Crippen molar-refractivity contribution in [3.05, 3.63) is 93.4 Å². The van der Waals surface area contributed by atoms with Crippen molar-refractivity contribution in [1.82, 2.24) is 5.43 Å². The minimum atomic E-state index is -0.951. The van der Waals surface area contributed by atoms with E-state index in [4.69, 9.17) is 16.3 Å². The second-order valence-electron chi connectivity index (χ2n) is 6.10. The molecule has 0 radical (unpaired) electrons. The minimum absolute atomic E-state index is 0.227. The van der Waals surface area contributed by atoms with Gasteiger partial charge in [-0.3, -0.25) is 9.59 Å². The van der Waals surface area contributed by atoms with Crippen molar-refractivity contribution in [3.8, 4) is 5.75 Å². The summed E-state index contributed by atoms with van der Waals surface area (Å²) < 4.78 is 6.24. The third kappa shape index (κ3) is 6.50. The quantitative estimate of drug-likeness (QED) is 0.178. The Morgan fingerprint density at radius 3 is 2.42 bits per heavy atom. The smallest absolute Gasteiger partial charge is 0.343 e. The Kier molecular flexibility index (Phi) is 7.53. The van der Waals surface area contributed by atoms with E-state index in [0.29, 0.717) is 16.3 Å². The normalized spacial score (nSPS) is 10.5. The molecule has 2 amide bonds. The number of anilines is 1. The van der Waals surface area contributed by atoms with Crippen LogP contribution in [-0.2, 0) is 9.59 Å². The third-order valence-electron chi connectivity index (χ3n) is 3.86. The summed E-state index contributed by atoms with van der Waals surface area (Å²) in [5, 5.41) is 6.63. The second kappa shape index (κ2) is 10.5. The van der Waals surface area contributed by atoms with Crippen molar-refractivity contribution in [2.45, 2.75) is 0 Å². The Hall–Kier alpha value is -3.49. The van der Waals surface area contributed by atoms with Crippen LogP contribution < -0.4 is 15.5 Å². The number of nitrogens with one attached hydrogen (secondary N) is 2. The van der Waals surface area contributed by atoms with Gasteiger partial charge in [0, 0.05) is 20.7 Å². The summed E-state index contributed by atoms with van der Waals surface area (Å²) in [6.45, 7) is 0. The molecule has 0 heterocycles. The van der Waals surface area contributed by atoms with E-state index in [0.717, 1.165) is 4.47 Å². The molecule has 0 saturated heterocycles. The van der Waals surface area contributed by atoms with Crippen LogP contribution in [0.2, 0.25) is 5.02 Å². The monoisotopic (exact) mass is 499 g/mol. The van der Waals surface area contributed by atoms with E-state index in [2.05, 4.69) is 31.8 Å². The molecule has 0 aliphatic rings. The van der Waals surface area contributed by atoms with Gasteiger partial charge in [-0.2, -0.15) is 5.10 Å². The van der Waals surface area contributed by atoms with Gasteiger partial charge in [-0.05, 0) is 54.6 Å². The van der Waals surface area contributed by atoms with Gasteiger partial charge >= 0.3 is 17.8 Å². The van der Waals surface area contributed by atoms with Crippen LogP contribution in [0.1, 0.15) is 15.9 Å². The lowest BCUT2D eigenvalue weighted by Gasteiger charge is -2.07. The lowest BCUT2D eigenvalue weighted by molar-refractivity contribution is -0.136. The number of benzene rings is 3. The topological polar surface area (TPSA) is 96.9 Å². The number of hydrogen-bond acceptors (Lipinski definition) is 5. The van der Waals surface area contributed by atoms with E-state index in [1.807, 2.05) is 0 Å². The average Bonchev–Trinajstić information content (AvgIpc) is 2.76. The summed E-state index contributed by atoms with van der Waals surface area (Å²) in [6.07, 6.45) is 1.27. The van der Waals surface area contributed by atoms with Crippen molar-refractivity contribution < 1.29 is 19.1 Å². The van der Waals surface area contributed by atoms with Crippen LogP contribution in [0.3, 0.4) is 0 Å². The molecule has 0 unspecified atom stereocenters. The van der Waals surface area contributed by atoms with Crippen LogP contribution in [0.4, 0.5) is 5.69 Å². The largest absolute Gasteiger partial charge is 0.422 e. The third-order valence-corrected chi connectivity index (χ3v) is 4.62. The summed E-state index contributed by atoms with van der Waals surface area (Å²) >= 11 is 9.19. The molecule has 0 fully saturated rings. The molecule has 3 rings (SSSR count). The fraction of sp³-hybridized carbons (Fsp3) is 0. The van der Waals surface area contributed by atoms with Crippen LogP contribution in [0.25, 0.3) is 0 Å². The summed E-state index contributed by atoms with van der Waals surface area (Å²) in [7, 11) is 0. The lowest BCUT2D eigenvalue weighted by atomic mass is 10.2.